The van der Waals surface area contributed by atoms with Crippen molar-refractivity contribution in [3.63, 3.8) is 0 Å². The minimum Gasteiger partial charge on any atom is -0.508 e. The number of benzene rings is 2. The highest BCUT2D eigenvalue weighted by molar-refractivity contribution is 14.1. The molecule has 23 heavy (non-hydrogen) atoms. The van der Waals surface area contributed by atoms with E-state index in [1.54, 1.807) is 59.0 Å². The Bertz CT molecular complexity index is 719. The highest BCUT2D eigenvalue weighted by atomic mass is 127. The average Bonchev–Trinajstić information content (AvgIpc) is 2.50. The summed E-state index contributed by atoms with van der Waals surface area (Å²) < 4.78 is 4.82. The van der Waals surface area contributed by atoms with Gasteiger partial charge in [-0.25, -0.2) is 4.79 Å². The number of aliphatic carboxylic acids is 1. The zero-order chi connectivity index (χ0) is 17.2. The number of nitrogens with two attached hydrogens (primary N) is 1. The first-order chi connectivity index (χ1) is 10.7. The average molecular weight is 651 g/mol. The van der Waals surface area contributed by atoms with Gasteiger partial charge in [0.2, 0.25) is 0 Å². The molecule has 0 heterocycles. The van der Waals surface area contributed by atoms with Gasteiger partial charge in [-0.3, -0.25) is 0 Å². The maximum Gasteiger partial charge on any atom is 0.335 e. The first kappa shape index (κ1) is 19.0. The van der Waals surface area contributed by atoms with Gasteiger partial charge in [-0.1, -0.05) is 28.7 Å². The Kier molecular flexibility index (Phi) is 6.35. The Hall–Kier alpha value is -0.340. The molecule has 0 aliphatic carbocycles. The molecule has 0 bridgehead atoms. The Morgan fingerprint density at radius 2 is 1.83 bits per heavy atom. The van der Waals surface area contributed by atoms with Gasteiger partial charge in [-0.2, -0.15) is 0 Å². The molecular formula is C15H12I3NO4. The number of hydrogen-bond donors (Lipinski definition) is 3. The van der Waals surface area contributed by atoms with Crippen molar-refractivity contribution in [3.8, 4) is 17.2 Å². The van der Waals surface area contributed by atoms with Crippen LogP contribution in [-0.2, 0) is 4.79 Å². The molecule has 0 unspecified atom stereocenters. The molecule has 0 aliphatic rings. The predicted molar refractivity (Wildman–Crippen MR) is 113 cm³/mol. The second-order valence-corrected chi connectivity index (χ2v) is 8.91. The zero-order valence-electron chi connectivity index (χ0n) is 11.5. The van der Waals surface area contributed by atoms with Crippen LogP contribution >= 0.6 is 67.8 Å². The highest BCUT2D eigenvalue weighted by Gasteiger charge is 2.39. The molecule has 2 aromatic carbocycles. The number of aromatic hydroxyl groups is 1. The van der Waals surface area contributed by atoms with E-state index >= 15 is 0 Å². The maximum absolute atomic E-state index is 11.3. The van der Waals surface area contributed by atoms with E-state index in [4.69, 9.17) is 10.5 Å². The van der Waals surface area contributed by atoms with Crippen molar-refractivity contribution in [2.45, 2.75) is 7.47 Å². The van der Waals surface area contributed by atoms with Crippen molar-refractivity contribution in [1.82, 2.24) is 0 Å². The van der Waals surface area contributed by atoms with Gasteiger partial charge < -0.3 is 20.7 Å². The van der Waals surface area contributed by atoms with E-state index in [1.807, 2.05) is 28.7 Å². The predicted octanol–water partition coefficient (Wildman–Crippen LogP) is 4.44. The minimum atomic E-state index is -1.39. The number of hydrogen-bond acceptors (Lipinski definition) is 4. The van der Waals surface area contributed by atoms with Gasteiger partial charge in [0.1, 0.15) is 17.2 Å². The van der Waals surface area contributed by atoms with Crippen molar-refractivity contribution >= 4 is 73.7 Å². The molecule has 8 heteroatoms. The van der Waals surface area contributed by atoms with E-state index in [2.05, 4.69) is 22.6 Å². The standard InChI is InChI=1S/C15H12I3NO4/c16-11-7-8(13(17)15(18,19)14(21)22)1-6-12(11)23-10-4-2-9(20)3-5-10/h1-7,13,20H,19H2,(H,21,22)/t13-,15+/m0/s1. The molecule has 122 valence electrons. The van der Waals surface area contributed by atoms with Crippen LogP contribution in [-0.4, -0.2) is 19.7 Å². The topological polar surface area (TPSA) is 92.8 Å². The molecule has 0 saturated carbocycles. The fourth-order valence-corrected chi connectivity index (χ4v) is 3.41. The van der Waals surface area contributed by atoms with Crippen LogP contribution in [0.2, 0.25) is 0 Å². The highest BCUT2D eigenvalue weighted by Crippen LogP contribution is 2.40. The number of phenols is 1. The van der Waals surface area contributed by atoms with Gasteiger partial charge in [0.25, 0.3) is 0 Å². The van der Waals surface area contributed by atoms with Crippen molar-refractivity contribution in [1.29, 1.82) is 0 Å². The van der Waals surface area contributed by atoms with Crippen molar-refractivity contribution in [3.05, 3.63) is 51.6 Å². The number of carboxylic acid groups (broad SMARTS) is 1. The van der Waals surface area contributed by atoms with Crippen LogP contribution in [0.25, 0.3) is 0 Å². The lowest BCUT2D eigenvalue weighted by atomic mass is 10.1. The third-order valence-corrected chi connectivity index (χ3v) is 7.83. The lowest BCUT2D eigenvalue weighted by Crippen LogP contribution is -2.45. The molecule has 0 radical (unpaired) electrons. The lowest BCUT2D eigenvalue weighted by Gasteiger charge is -2.24. The van der Waals surface area contributed by atoms with Crippen LogP contribution in [0.15, 0.2) is 42.5 Å². The van der Waals surface area contributed by atoms with E-state index < -0.39 is 13.4 Å². The van der Waals surface area contributed by atoms with Crippen LogP contribution in [0.4, 0.5) is 0 Å². The number of ether oxygens (including phenoxy) is 1. The molecule has 0 aromatic heterocycles. The zero-order valence-corrected chi connectivity index (χ0v) is 18.0. The second kappa shape index (κ2) is 7.70. The first-order valence-corrected chi connectivity index (χ1v) is 9.73. The van der Waals surface area contributed by atoms with Crippen LogP contribution in [0.1, 0.15) is 9.49 Å². The molecule has 0 aliphatic heterocycles. The summed E-state index contributed by atoms with van der Waals surface area (Å²) in [6, 6.07) is 11.9. The van der Waals surface area contributed by atoms with E-state index in [1.165, 1.54) is 0 Å². The van der Waals surface area contributed by atoms with Crippen LogP contribution < -0.4 is 10.5 Å². The molecular weight excluding hydrogens is 639 g/mol. The Morgan fingerprint density at radius 1 is 1.22 bits per heavy atom. The van der Waals surface area contributed by atoms with Gasteiger partial charge in [0.05, 0.1) is 7.49 Å². The summed E-state index contributed by atoms with van der Waals surface area (Å²) in [4.78, 5) is 11.3. The van der Waals surface area contributed by atoms with Crippen LogP contribution in [0.5, 0.6) is 17.2 Å². The summed E-state index contributed by atoms with van der Waals surface area (Å²) in [5.41, 5.74) is 6.70. The normalized spacial score (nSPS) is 14.8. The number of phenolic OH excluding ortho intramolecular Hbond substituents is 1. The number of alkyl halides is 2. The van der Waals surface area contributed by atoms with Crippen molar-refractivity contribution in [2.24, 2.45) is 5.73 Å². The molecule has 0 saturated heterocycles. The van der Waals surface area contributed by atoms with Gasteiger partial charge in [-0.05, 0) is 87.1 Å². The Morgan fingerprint density at radius 3 is 2.35 bits per heavy atom. The summed E-state index contributed by atoms with van der Waals surface area (Å²) in [6.07, 6.45) is 0. The number of halogens is 3. The van der Waals surface area contributed by atoms with Crippen molar-refractivity contribution < 1.29 is 19.7 Å². The SMILES string of the molecule is N[C@@](I)(C(=O)O)[C@@H](I)c1ccc(Oc2ccc(O)cc2)c(I)c1. The first-order valence-electron chi connectivity index (χ1n) is 6.33. The largest absolute Gasteiger partial charge is 0.508 e. The third kappa shape index (κ3) is 4.60. The molecule has 2 rings (SSSR count). The molecule has 2 aromatic rings. The van der Waals surface area contributed by atoms with Crippen LogP contribution in [0, 0.1) is 3.57 Å². The summed E-state index contributed by atoms with van der Waals surface area (Å²) in [5.74, 6) is 0.365. The van der Waals surface area contributed by atoms with Crippen molar-refractivity contribution in [2.75, 3.05) is 0 Å². The molecule has 4 N–H and O–H groups in total. The van der Waals surface area contributed by atoms with E-state index in [0.717, 1.165) is 9.13 Å². The quantitative estimate of drug-likeness (QED) is 0.253. The van der Waals surface area contributed by atoms with Crippen LogP contribution in [0.3, 0.4) is 0 Å². The summed E-state index contributed by atoms with van der Waals surface area (Å²) in [5, 5.41) is 18.5. The van der Waals surface area contributed by atoms with Gasteiger partial charge >= 0.3 is 5.97 Å². The smallest absolute Gasteiger partial charge is 0.335 e. The lowest BCUT2D eigenvalue weighted by molar-refractivity contribution is -0.139. The number of carbonyl (C=O) groups is 1. The van der Waals surface area contributed by atoms with Gasteiger partial charge in [0.15, 0.2) is 3.55 Å². The Labute approximate surface area is 174 Å². The maximum atomic E-state index is 11.3. The molecule has 0 fully saturated rings. The number of carboxylic acids is 1. The fourth-order valence-electron chi connectivity index (χ4n) is 1.75. The second-order valence-electron chi connectivity index (χ2n) is 4.72. The van der Waals surface area contributed by atoms with Gasteiger partial charge in [0, 0.05) is 0 Å². The summed E-state index contributed by atoms with van der Waals surface area (Å²) >= 11 is 5.92. The molecule has 0 amide bonds. The fraction of sp³-hybridized carbons (Fsp3) is 0.133. The summed E-state index contributed by atoms with van der Waals surface area (Å²) in [7, 11) is 0. The summed E-state index contributed by atoms with van der Waals surface area (Å²) in [6.45, 7) is 0. The molecule has 5 nitrogen and oxygen atoms in total. The molecule has 0 spiro atoms. The number of rotatable bonds is 5. The van der Waals surface area contributed by atoms with E-state index in [0.29, 0.717) is 11.5 Å². The van der Waals surface area contributed by atoms with E-state index in [9.17, 15) is 15.0 Å². The van der Waals surface area contributed by atoms with E-state index in [-0.39, 0.29) is 5.75 Å². The van der Waals surface area contributed by atoms with Gasteiger partial charge in [-0.15, -0.1) is 0 Å². The Balaban J connectivity index is 2.24. The molecule has 2 atom stereocenters. The minimum absolute atomic E-state index is 0.171. The monoisotopic (exact) mass is 651 g/mol. The third-order valence-electron chi connectivity index (χ3n) is 3.01.